The molecule has 0 saturated heterocycles. The van der Waals surface area contributed by atoms with Crippen LogP contribution in [-0.2, 0) is 4.79 Å². The van der Waals surface area contributed by atoms with E-state index in [1.807, 2.05) is 30.3 Å². The summed E-state index contributed by atoms with van der Waals surface area (Å²) in [7, 11) is 1.63. The highest BCUT2D eigenvalue weighted by Gasteiger charge is 2.22. The van der Waals surface area contributed by atoms with Crippen molar-refractivity contribution in [3.8, 4) is 0 Å². The molecule has 1 atom stereocenters. The number of fused-ring (bicyclic) bond motifs is 1. The van der Waals surface area contributed by atoms with E-state index in [1.165, 1.54) is 4.90 Å². The minimum absolute atomic E-state index is 0.0114. The van der Waals surface area contributed by atoms with E-state index in [0.29, 0.717) is 11.5 Å². The summed E-state index contributed by atoms with van der Waals surface area (Å²) in [5.74, 6) is 0.722. The predicted octanol–water partition coefficient (Wildman–Crippen LogP) is 3.54. The second-order valence-corrected chi connectivity index (χ2v) is 7.42. The molecular formula is C22H26N4O2. The molecule has 0 bridgehead atoms. The summed E-state index contributed by atoms with van der Waals surface area (Å²) >= 11 is 0. The molecule has 3 rings (SSSR count). The molecule has 0 aliphatic rings. The molecule has 6 nitrogen and oxygen atoms in total. The molecule has 2 N–H and O–H groups in total. The molecule has 0 aliphatic carbocycles. The van der Waals surface area contributed by atoms with Crippen LogP contribution in [0.5, 0.6) is 0 Å². The summed E-state index contributed by atoms with van der Waals surface area (Å²) < 4.78 is 0. The van der Waals surface area contributed by atoms with Gasteiger partial charge in [0.15, 0.2) is 0 Å². The molecule has 0 saturated carbocycles. The Balaban J connectivity index is 1.70. The van der Waals surface area contributed by atoms with Crippen LogP contribution in [0, 0.1) is 5.92 Å². The first-order chi connectivity index (χ1) is 13.4. The number of H-pyrrole nitrogens is 1. The summed E-state index contributed by atoms with van der Waals surface area (Å²) in [5, 5.41) is 3.04. The zero-order valence-electron chi connectivity index (χ0n) is 16.5. The number of hydrogen-bond acceptors (Lipinski definition) is 3. The Morgan fingerprint density at radius 1 is 1.07 bits per heavy atom. The Kier molecular flexibility index (Phi) is 6.09. The van der Waals surface area contributed by atoms with Crippen LogP contribution in [0.15, 0.2) is 54.6 Å². The largest absolute Gasteiger partial charge is 0.345 e. The number of carbonyl (C=O) groups is 2. The maximum atomic E-state index is 12.6. The molecule has 0 aliphatic heterocycles. The van der Waals surface area contributed by atoms with E-state index in [0.717, 1.165) is 23.3 Å². The number of likely N-dealkylation sites (N-methyl/N-ethyl adjacent to an activating group) is 1. The second kappa shape index (κ2) is 8.69. The Labute approximate surface area is 165 Å². The van der Waals surface area contributed by atoms with Crippen molar-refractivity contribution in [2.45, 2.75) is 26.3 Å². The number of hydrogen-bond donors (Lipinski definition) is 2. The molecular weight excluding hydrogens is 352 g/mol. The fraction of sp³-hybridized carbons (Fsp3) is 0.318. The number of nitrogens with zero attached hydrogens (tertiary/aromatic N) is 2. The van der Waals surface area contributed by atoms with Gasteiger partial charge < -0.3 is 15.2 Å². The predicted molar refractivity (Wildman–Crippen MR) is 110 cm³/mol. The van der Waals surface area contributed by atoms with Gasteiger partial charge in [-0.3, -0.25) is 9.59 Å². The average Bonchev–Trinajstić information content (AvgIpc) is 3.11. The van der Waals surface area contributed by atoms with Gasteiger partial charge in [0.05, 0.1) is 23.6 Å². The second-order valence-electron chi connectivity index (χ2n) is 7.42. The number of imidazole rings is 1. The van der Waals surface area contributed by atoms with Crippen LogP contribution in [0.2, 0.25) is 0 Å². The van der Waals surface area contributed by atoms with E-state index in [9.17, 15) is 9.59 Å². The van der Waals surface area contributed by atoms with Crippen molar-refractivity contribution in [1.82, 2.24) is 20.2 Å². The zero-order chi connectivity index (χ0) is 20.1. The van der Waals surface area contributed by atoms with Gasteiger partial charge in [-0.2, -0.15) is 0 Å². The van der Waals surface area contributed by atoms with Gasteiger partial charge in [-0.05, 0) is 36.6 Å². The van der Waals surface area contributed by atoms with Crippen molar-refractivity contribution in [1.29, 1.82) is 0 Å². The first-order valence-electron chi connectivity index (χ1n) is 9.48. The van der Waals surface area contributed by atoms with Crippen LogP contribution in [0.25, 0.3) is 11.0 Å². The summed E-state index contributed by atoms with van der Waals surface area (Å²) in [6.07, 6.45) is 0.752. The monoisotopic (exact) mass is 378 g/mol. The molecule has 28 heavy (non-hydrogen) atoms. The Morgan fingerprint density at radius 3 is 2.43 bits per heavy atom. The summed E-state index contributed by atoms with van der Waals surface area (Å²) in [6, 6.07) is 16.5. The van der Waals surface area contributed by atoms with Gasteiger partial charge in [0.1, 0.15) is 5.82 Å². The van der Waals surface area contributed by atoms with Gasteiger partial charge in [-0.1, -0.05) is 44.2 Å². The molecule has 1 aromatic heterocycles. The quantitative estimate of drug-likeness (QED) is 0.660. The standard InChI is InChI=1S/C22H26N4O2/c1-15(2)13-19(21-24-17-11-7-8-12-18(17)25-21)23-20(27)14-26(3)22(28)16-9-5-4-6-10-16/h4-12,15,19H,13-14H2,1-3H3,(H,23,27)(H,24,25). The highest BCUT2D eigenvalue weighted by Crippen LogP contribution is 2.22. The Morgan fingerprint density at radius 2 is 1.75 bits per heavy atom. The van der Waals surface area contributed by atoms with Gasteiger partial charge in [0, 0.05) is 12.6 Å². The number of benzene rings is 2. The van der Waals surface area contributed by atoms with E-state index in [1.54, 1.807) is 31.3 Å². The minimum Gasteiger partial charge on any atom is -0.345 e. The van der Waals surface area contributed by atoms with Crippen LogP contribution in [0.4, 0.5) is 0 Å². The first-order valence-corrected chi connectivity index (χ1v) is 9.48. The van der Waals surface area contributed by atoms with Gasteiger partial charge >= 0.3 is 0 Å². The molecule has 2 aromatic carbocycles. The number of amides is 2. The van der Waals surface area contributed by atoms with E-state index >= 15 is 0 Å². The smallest absolute Gasteiger partial charge is 0.254 e. The van der Waals surface area contributed by atoms with Crippen LogP contribution in [-0.4, -0.2) is 40.3 Å². The van der Waals surface area contributed by atoms with E-state index < -0.39 is 0 Å². The maximum Gasteiger partial charge on any atom is 0.254 e. The minimum atomic E-state index is -0.236. The number of rotatable bonds is 7. The van der Waals surface area contributed by atoms with Crippen LogP contribution >= 0.6 is 0 Å². The fourth-order valence-corrected chi connectivity index (χ4v) is 3.18. The number of carbonyl (C=O) groups excluding carboxylic acids is 2. The third-order valence-corrected chi connectivity index (χ3v) is 4.53. The highest BCUT2D eigenvalue weighted by atomic mass is 16.2. The lowest BCUT2D eigenvalue weighted by atomic mass is 10.0. The van der Waals surface area contributed by atoms with Crippen molar-refractivity contribution in [2.24, 2.45) is 5.92 Å². The third kappa shape index (κ3) is 4.76. The molecule has 3 aromatic rings. The van der Waals surface area contributed by atoms with Crippen molar-refractivity contribution in [3.05, 3.63) is 66.0 Å². The maximum absolute atomic E-state index is 12.6. The molecule has 1 unspecified atom stereocenters. The lowest BCUT2D eigenvalue weighted by Gasteiger charge is -2.21. The SMILES string of the molecule is CC(C)CC(NC(=O)CN(C)C(=O)c1ccccc1)c1nc2ccccc2[nH]1. The normalized spacial score (nSPS) is 12.1. The summed E-state index contributed by atoms with van der Waals surface area (Å²) in [4.78, 5) is 34.4. The van der Waals surface area contributed by atoms with Crippen molar-refractivity contribution in [3.63, 3.8) is 0 Å². The van der Waals surface area contributed by atoms with Gasteiger partial charge in [0.25, 0.3) is 5.91 Å². The van der Waals surface area contributed by atoms with Crippen molar-refractivity contribution < 1.29 is 9.59 Å². The molecule has 6 heteroatoms. The number of nitrogens with one attached hydrogen (secondary N) is 2. The van der Waals surface area contributed by atoms with Crippen LogP contribution in [0.1, 0.15) is 42.5 Å². The lowest BCUT2D eigenvalue weighted by Crippen LogP contribution is -2.40. The molecule has 0 fully saturated rings. The van der Waals surface area contributed by atoms with Gasteiger partial charge in [0.2, 0.25) is 5.91 Å². The Bertz CT molecular complexity index is 916. The summed E-state index contributed by atoms with van der Waals surface area (Å²) in [6.45, 7) is 4.20. The van der Waals surface area contributed by atoms with Gasteiger partial charge in [-0.25, -0.2) is 4.98 Å². The average molecular weight is 378 g/mol. The highest BCUT2D eigenvalue weighted by molar-refractivity contribution is 5.96. The van der Waals surface area contributed by atoms with Crippen LogP contribution in [0.3, 0.4) is 0 Å². The third-order valence-electron chi connectivity index (χ3n) is 4.53. The summed E-state index contributed by atoms with van der Waals surface area (Å²) in [5.41, 5.74) is 2.38. The molecule has 2 amide bonds. The fourth-order valence-electron chi connectivity index (χ4n) is 3.18. The van der Waals surface area contributed by atoms with E-state index in [-0.39, 0.29) is 24.4 Å². The van der Waals surface area contributed by atoms with E-state index in [2.05, 4.69) is 29.1 Å². The van der Waals surface area contributed by atoms with Crippen molar-refractivity contribution >= 4 is 22.8 Å². The molecule has 0 radical (unpaired) electrons. The molecule has 146 valence electrons. The molecule has 0 spiro atoms. The Hall–Kier alpha value is -3.15. The lowest BCUT2D eigenvalue weighted by molar-refractivity contribution is -0.122. The number of aromatic nitrogens is 2. The zero-order valence-corrected chi connectivity index (χ0v) is 16.5. The van der Waals surface area contributed by atoms with Gasteiger partial charge in [-0.15, -0.1) is 0 Å². The van der Waals surface area contributed by atoms with E-state index in [4.69, 9.17) is 0 Å². The number of aromatic amines is 1. The van der Waals surface area contributed by atoms with Crippen molar-refractivity contribution in [2.75, 3.05) is 13.6 Å². The first kappa shape index (κ1) is 19.6. The van der Waals surface area contributed by atoms with Crippen LogP contribution < -0.4 is 5.32 Å². The number of para-hydroxylation sites is 2. The molecule has 1 heterocycles. The topological polar surface area (TPSA) is 78.1 Å².